The molecule has 0 saturated heterocycles. The largest absolute Gasteiger partial charge is 0.356 e. The average Bonchev–Trinajstić information content (AvgIpc) is 2.91. The van der Waals surface area contributed by atoms with Gasteiger partial charge < -0.3 is 10.2 Å². The molecule has 0 aromatic carbocycles. The fraction of sp³-hybridized carbons (Fsp3) is 0.438. The highest BCUT2D eigenvalue weighted by Gasteiger charge is 2.14. The molecule has 1 unspecified atom stereocenters. The van der Waals surface area contributed by atoms with Gasteiger partial charge in [0, 0.05) is 37.1 Å². The molecular weight excluding hydrogens is 266 g/mol. The Bertz CT molecular complexity index is 537. The molecule has 0 amide bonds. The minimum atomic E-state index is 0.440. The number of thiophene rings is 1. The Morgan fingerprint density at radius 1 is 1.45 bits per heavy atom. The van der Waals surface area contributed by atoms with Gasteiger partial charge in [0.25, 0.3) is 0 Å². The summed E-state index contributed by atoms with van der Waals surface area (Å²) in [5.41, 5.74) is 2.46. The first-order chi connectivity index (χ1) is 9.61. The van der Waals surface area contributed by atoms with Crippen molar-refractivity contribution in [2.75, 3.05) is 19.0 Å². The topological polar surface area (TPSA) is 28.2 Å². The monoisotopic (exact) mass is 289 g/mol. The van der Waals surface area contributed by atoms with Crippen molar-refractivity contribution in [2.45, 2.75) is 32.9 Å². The molecule has 1 atom stereocenters. The molecule has 0 radical (unpaired) electrons. The molecule has 0 saturated carbocycles. The number of hydrogen-bond donors (Lipinski definition) is 1. The molecule has 0 aliphatic carbocycles. The van der Waals surface area contributed by atoms with Gasteiger partial charge in [-0.25, -0.2) is 4.98 Å². The number of pyridine rings is 1. The van der Waals surface area contributed by atoms with E-state index in [0.717, 1.165) is 18.8 Å². The lowest BCUT2D eigenvalue weighted by molar-refractivity contribution is 0.677. The highest BCUT2D eigenvalue weighted by atomic mass is 32.1. The molecule has 0 bridgehead atoms. The molecule has 4 heteroatoms. The number of nitrogens with one attached hydrogen (secondary N) is 1. The molecule has 0 aliphatic rings. The maximum atomic E-state index is 4.64. The minimum absolute atomic E-state index is 0.440. The van der Waals surface area contributed by atoms with E-state index in [-0.39, 0.29) is 0 Å². The molecule has 108 valence electrons. The Hall–Kier alpha value is -1.39. The van der Waals surface area contributed by atoms with Crippen LogP contribution in [0.3, 0.4) is 0 Å². The summed E-state index contributed by atoms with van der Waals surface area (Å²) in [7, 11) is 4.09. The summed E-state index contributed by atoms with van der Waals surface area (Å²) in [4.78, 5) is 8.34. The summed E-state index contributed by atoms with van der Waals surface area (Å²) in [6.45, 7) is 5.25. The second-order valence-corrected chi connectivity index (χ2v) is 6.29. The zero-order valence-electron chi connectivity index (χ0n) is 12.7. The summed E-state index contributed by atoms with van der Waals surface area (Å²) >= 11 is 1.82. The van der Waals surface area contributed by atoms with Gasteiger partial charge in [0.05, 0.1) is 0 Å². The van der Waals surface area contributed by atoms with E-state index in [2.05, 4.69) is 59.7 Å². The van der Waals surface area contributed by atoms with Crippen LogP contribution in [-0.4, -0.2) is 25.1 Å². The van der Waals surface area contributed by atoms with E-state index < -0.39 is 0 Å². The number of anilines is 1. The van der Waals surface area contributed by atoms with Gasteiger partial charge in [-0.15, -0.1) is 11.3 Å². The average molecular weight is 289 g/mol. The third kappa shape index (κ3) is 3.58. The molecule has 2 aromatic heterocycles. The van der Waals surface area contributed by atoms with Crippen LogP contribution in [0.4, 0.5) is 5.82 Å². The Morgan fingerprint density at radius 2 is 2.25 bits per heavy atom. The van der Waals surface area contributed by atoms with E-state index >= 15 is 0 Å². The second-order valence-electron chi connectivity index (χ2n) is 5.26. The van der Waals surface area contributed by atoms with Gasteiger partial charge in [0.2, 0.25) is 0 Å². The predicted octanol–water partition coefficient (Wildman–Crippen LogP) is 3.24. The first kappa shape index (κ1) is 15.0. The van der Waals surface area contributed by atoms with E-state index in [9.17, 15) is 0 Å². The molecule has 3 nitrogen and oxygen atoms in total. The van der Waals surface area contributed by atoms with E-state index in [1.165, 1.54) is 16.0 Å². The van der Waals surface area contributed by atoms with Crippen molar-refractivity contribution in [2.24, 2.45) is 0 Å². The van der Waals surface area contributed by atoms with Crippen LogP contribution in [0.25, 0.3) is 0 Å². The van der Waals surface area contributed by atoms with Crippen molar-refractivity contribution < 1.29 is 0 Å². The second kappa shape index (κ2) is 6.86. The van der Waals surface area contributed by atoms with E-state index in [1.54, 1.807) is 0 Å². The number of rotatable bonds is 6. The van der Waals surface area contributed by atoms with E-state index in [1.807, 2.05) is 24.6 Å². The van der Waals surface area contributed by atoms with Gasteiger partial charge >= 0.3 is 0 Å². The lowest BCUT2D eigenvalue weighted by atomic mass is 10.1. The number of nitrogens with zero attached hydrogens (tertiary/aromatic N) is 2. The molecule has 2 aromatic rings. The maximum absolute atomic E-state index is 4.64. The molecule has 0 aliphatic heterocycles. The minimum Gasteiger partial charge on any atom is -0.356 e. The number of likely N-dealkylation sites (N-methyl/N-ethyl adjacent to an activating group) is 1. The van der Waals surface area contributed by atoms with Crippen LogP contribution < -0.4 is 10.2 Å². The van der Waals surface area contributed by atoms with Crippen molar-refractivity contribution in [1.29, 1.82) is 0 Å². The zero-order valence-corrected chi connectivity index (χ0v) is 13.5. The highest BCUT2D eigenvalue weighted by Crippen LogP contribution is 2.21. The van der Waals surface area contributed by atoms with Crippen LogP contribution in [0.15, 0.2) is 29.8 Å². The van der Waals surface area contributed by atoms with Crippen LogP contribution in [0.2, 0.25) is 0 Å². The number of hydrogen-bond acceptors (Lipinski definition) is 4. The van der Waals surface area contributed by atoms with E-state index in [0.29, 0.717) is 6.04 Å². The van der Waals surface area contributed by atoms with Crippen molar-refractivity contribution >= 4 is 17.2 Å². The summed E-state index contributed by atoms with van der Waals surface area (Å²) in [5, 5.41) is 5.30. The Kier molecular flexibility index (Phi) is 5.15. The van der Waals surface area contributed by atoms with E-state index in [4.69, 9.17) is 0 Å². The van der Waals surface area contributed by atoms with Gasteiger partial charge in [-0.1, -0.05) is 6.07 Å². The maximum Gasteiger partial charge on any atom is 0.131 e. The smallest absolute Gasteiger partial charge is 0.131 e. The standard InChI is InChI=1S/C16H23N3S/c1-12-8-14(10-17-3)11-18-16(12)19(4)13(2)9-15-6-5-7-20-15/h5-8,11,13,17H,9-10H2,1-4H3. The van der Waals surface area contributed by atoms with Crippen LogP contribution in [0, 0.1) is 6.92 Å². The van der Waals surface area contributed by atoms with Gasteiger partial charge in [-0.3, -0.25) is 0 Å². The van der Waals surface area contributed by atoms with Crippen molar-refractivity contribution in [3.8, 4) is 0 Å². The SMILES string of the molecule is CNCc1cnc(N(C)C(C)Cc2cccs2)c(C)c1. The van der Waals surface area contributed by atoms with Crippen LogP contribution in [0.5, 0.6) is 0 Å². The zero-order chi connectivity index (χ0) is 14.5. The van der Waals surface area contributed by atoms with Crippen LogP contribution in [-0.2, 0) is 13.0 Å². The van der Waals surface area contributed by atoms with Crippen LogP contribution in [0.1, 0.15) is 22.9 Å². The molecule has 0 fully saturated rings. The van der Waals surface area contributed by atoms with Crippen molar-refractivity contribution in [1.82, 2.24) is 10.3 Å². The normalized spacial score (nSPS) is 12.4. The third-order valence-corrected chi connectivity index (χ3v) is 4.46. The first-order valence-corrected chi connectivity index (χ1v) is 7.85. The van der Waals surface area contributed by atoms with Crippen molar-refractivity contribution in [3.63, 3.8) is 0 Å². The summed E-state index contributed by atoms with van der Waals surface area (Å²) in [6.07, 6.45) is 3.03. The lowest BCUT2D eigenvalue weighted by Gasteiger charge is -2.27. The molecule has 1 N–H and O–H groups in total. The van der Waals surface area contributed by atoms with Gasteiger partial charge in [0.1, 0.15) is 5.82 Å². The molecule has 2 rings (SSSR count). The highest BCUT2D eigenvalue weighted by molar-refractivity contribution is 7.09. The Morgan fingerprint density at radius 3 is 2.85 bits per heavy atom. The van der Waals surface area contributed by atoms with Gasteiger partial charge in [-0.2, -0.15) is 0 Å². The molecule has 0 spiro atoms. The van der Waals surface area contributed by atoms with Gasteiger partial charge in [-0.05, 0) is 49.5 Å². The Balaban J connectivity index is 2.09. The van der Waals surface area contributed by atoms with Crippen LogP contribution >= 0.6 is 11.3 Å². The van der Waals surface area contributed by atoms with Gasteiger partial charge in [0.15, 0.2) is 0 Å². The fourth-order valence-electron chi connectivity index (χ4n) is 2.36. The summed E-state index contributed by atoms with van der Waals surface area (Å²) in [5.74, 6) is 1.08. The molecular formula is C16H23N3S. The third-order valence-electron chi connectivity index (χ3n) is 3.56. The number of aromatic nitrogens is 1. The van der Waals surface area contributed by atoms with Crippen molar-refractivity contribution in [3.05, 3.63) is 45.8 Å². The number of aryl methyl sites for hydroxylation is 1. The summed E-state index contributed by atoms with van der Waals surface area (Å²) in [6, 6.07) is 6.97. The Labute approximate surface area is 125 Å². The molecule has 2 heterocycles. The predicted molar refractivity (Wildman–Crippen MR) is 87.6 cm³/mol. The first-order valence-electron chi connectivity index (χ1n) is 6.97. The summed E-state index contributed by atoms with van der Waals surface area (Å²) < 4.78 is 0. The lowest BCUT2D eigenvalue weighted by Crippen LogP contribution is -2.31. The molecule has 20 heavy (non-hydrogen) atoms. The fourth-order valence-corrected chi connectivity index (χ4v) is 3.19. The quantitative estimate of drug-likeness (QED) is 0.885.